The average Bonchev–Trinajstić information content (AvgIpc) is 2.46. The van der Waals surface area contributed by atoms with Gasteiger partial charge in [-0.2, -0.15) is 0 Å². The fourth-order valence-electron chi connectivity index (χ4n) is 2.04. The van der Waals surface area contributed by atoms with Crippen LogP contribution in [0.1, 0.15) is 6.92 Å². The van der Waals surface area contributed by atoms with Gasteiger partial charge in [-0.25, -0.2) is 0 Å². The minimum absolute atomic E-state index is 1.02. The fourth-order valence-corrected chi connectivity index (χ4v) is 2.04. The van der Waals surface area contributed by atoms with Crippen LogP contribution in [0.2, 0.25) is 0 Å². The highest BCUT2D eigenvalue weighted by Crippen LogP contribution is 2.24. The molecule has 0 saturated carbocycles. The second kappa shape index (κ2) is 5.79. The highest BCUT2D eigenvalue weighted by atomic mass is 15.1. The van der Waals surface area contributed by atoms with Crippen molar-refractivity contribution in [3.05, 3.63) is 48.5 Å². The van der Waals surface area contributed by atoms with Crippen molar-refractivity contribution in [2.45, 2.75) is 6.92 Å². The minimum Gasteiger partial charge on any atom is -0.378 e. The second-order valence-electron chi connectivity index (χ2n) is 5.00. The smallest absolute Gasteiger partial charge is 0.0363 e. The molecular formula is C17H22N2. The van der Waals surface area contributed by atoms with Crippen molar-refractivity contribution in [1.82, 2.24) is 0 Å². The summed E-state index contributed by atoms with van der Waals surface area (Å²) in [6.07, 6.45) is 0. The number of anilines is 2. The van der Waals surface area contributed by atoms with E-state index in [1.165, 1.54) is 22.5 Å². The molecule has 0 aliphatic heterocycles. The van der Waals surface area contributed by atoms with Gasteiger partial charge in [0.15, 0.2) is 0 Å². The topological polar surface area (TPSA) is 6.48 Å². The van der Waals surface area contributed by atoms with E-state index in [0.29, 0.717) is 0 Å². The van der Waals surface area contributed by atoms with Crippen LogP contribution in [0.15, 0.2) is 48.5 Å². The van der Waals surface area contributed by atoms with Crippen molar-refractivity contribution in [3.63, 3.8) is 0 Å². The molecule has 2 aromatic carbocycles. The Kier molecular flexibility index (Phi) is 4.10. The van der Waals surface area contributed by atoms with Gasteiger partial charge in [0.25, 0.3) is 0 Å². The summed E-state index contributed by atoms with van der Waals surface area (Å²) in [5.74, 6) is 0. The molecule has 0 N–H and O–H groups in total. The monoisotopic (exact) mass is 254 g/mol. The van der Waals surface area contributed by atoms with Crippen LogP contribution in [0, 0.1) is 0 Å². The minimum atomic E-state index is 1.02. The fraction of sp³-hybridized carbons (Fsp3) is 0.294. The lowest BCUT2D eigenvalue weighted by Crippen LogP contribution is -2.15. The lowest BCUT2D eigenvalue weighted by molar-refractivity contribution is 0.968. The first-order valence-corrected chi connectivity index (χ1v) is 6.70. The maximum atomic E-state index is 2.24. The molecule has 2 heteroatoms. The summed E-state index contributed by atoms with van der Waals surface area (Å²) < 4.78 is 0. The molecule has 0 saturated heterocycles. The van der Waals surface area contributed by atoms with Gasteiger partial charge in [0, 0.05) is 39.1 Å². The maximum Gasteiger partial charge on any atom is 0.0363 e. The molecule has 2 rings (SSSR count). The zero-order valence-corrected chi connectivity index (χ0v) is 12.2. The highest BCUT2D eigenvalue weighted by molar-refractivity contribution is 5.68. The van der Waals surface area contributed by atoms with Crippen LogP contribution in [0.4, 0.5) is 11.4 Å². The van der Waals surface area contributed by atoms with E-state index in [1.807, 2.05) is 0 Å². The zero-order valence-electron chi connectivity index (χ0n) is 12.2. The van der Waals surface area contributed by atoms with Crippen LogP contribution in [0.5, 0.6) is 0 Å². The summed E-state index contributed by atoms with van der Waals surface area (Å²) in [7, 11) is 6.23. The van der Waals surface area contributed by atoms with Crippen LogP contribution in [-0.4, -0.2) is 27.7 Å². The largest absolute Gasteiger partial charge is 0.378 e. The summed E-state index contributed by atoms with van der Waals surface area (Å²) in [6.45, 7) is 3.19. The molecular weight excluding hydrogens is 232 g/mol. The van der Waals surface area contributed by atoms with Crippen molar-refractivity contribution >= 4 is 11.4 Å². The summed E-state index contributed by atoms with van der Waals surface area (Å²) >= 11 is 0. The molecule has 0 aliphatic rings. The lowest BCUT2D eigenvalue weighted by Gasteiger charge is -2.17. The number of rotatable bonds is 4. The van der Waals surface area contributed by atoms with Crippen molar-refractivity contribution in [1.29, 1.82) is 0 Å². The molecule has 0 amide bonds. The van der Waals surface area contributed by atoms with Crippen molar-refractivity contribution in [3.8, 4) is 11.1 Å². The Morgan fingerprint density at radius 1 is 0.684 bits per heavy atom. The van der Waals surface area contributed by atoms with Gasteiger partial charge in [-0.1, -0.05) is 24.3 Å². The van der Waals surface area contributed by atoms with Crippen molar-refractivity contribution < 1.29 is 0 Å². The number of hydrogen-bond acceptors (Lipinski definition) is 2. The van der Waals surface area contributed by atoms with E-state index in [9.17, 15) is 0 Å². The van der Waals surface area contributed by atoms with Gasteiger partial charge in [-0.05, 0) is 42.3 Å². The summed E-state index contributed by atoms with van der Waals surface area (Å²) in [6, 6.07) is 17.4. The predicted octanol–water partition coefficient (Wildman–Crippen LogP) is 3.88. The third-order valence-corrected chi connectivity index (χ3v) is 3.50. The van der Waals surface area contributed by atoms with E-state index in [0.717, 1.165) is 6.54 Å². The molecule has 0 spiro atoms. The van der Waals surface area contributed by atoms with Gasteiger partial charge in [0.2, 0.25) is 0 Å². The summed E-state index contributed by atoms with van der Waals surface area (Å²) in [5.41, 5.74) is 5.01. The molecule has 0 fully saturated rings. The molecule has 0 heterocycles. The van der Waals surface area contributed by atoms with Gasteiger partial charge in [-0.3, -0.25) is 0 Å². The van der Waals surface area contributed by atoms with E-state index in [4.69, 9.17) is 0 Å². The standard InChI is InChI=1S/C17H22N2/c1-5-19(4)17-12-8-15(9-13-17)14-6-10-16(11-7-14)18(2)3/h6-13H,5H2,1-4H3. The Morgan fingerprint density at radius 3 is 1.47 bits per heavy atom. The summed E-state index contributed by atoms with van der Waals surface area (Å²) in [5, 5.41) is 0. The molecule has 0 unspecified atom stereocenters. The Bertz CT molecular complexity index is 512. The van der Waals surface area contributed by atoms with E-state index in [2.05, 4.69) is 86.4 Å². The van der Waals surface area contributed by atoms with E-state index >= 15 is 0 Å². The zero-order chi connectivity index (χ0) is 13.8. The van der Waals surface area contributed by atoms with E-state index in [1.54, 1.807) is 0 Å². The third-order valence-electron chi connectivity index (χ3n) is 3.50. The van der Waals surface area contributed by atoms with Crippen molar-refractivity contribution in [2.75, 3.05) is 37.5 Å². The van der Waals surface area contributed by atoms with Crippen LogP contribution in [0.3, 0.4) is 0 Å². The molecule has 0 bridgehead atoms. The van der Waals surface area contributed by atoms with E-state index in [-0.39, 0.29) is 0 Å². The molecule has 100 valence electrons. The van der Waals surface area contributed by atoms with Gasteiger partial charge < -0.3 is 9.80 Å². The number of hydrogen-bond donors (Lipinski definition) is 0. The highest BCUT2D eigenvalue weighted by Gasteiger charge is 2.01. The molecule has 0 aliphatic carbocycles. The Labute approximate surface area is 116 Å². The lowest BCUT2D eigenvalue weighted by atomic mass is 10.0. The Balaban J connectivity index is 2.22. The maximum absolute atomic E-state index is 2.24. The van der Waals surface area contributed by atoms with Gasteiger partial charge in [0.05, 0.1) is 0 Å². The molecule has 2 aromatic rings. The molecule has 0 atom stereocenters. The first-order chi connectivity index (χ1) is 9.11. The normalized spacial score (nSPS) is 10.3. The quantitative estimate of drug-likeness (QED) is 0.817. The molecule has 0 aromatic heterocycles. The molecule has 2 nitrogen and oxygen atoms in total. The Morgan fingerprint density at radius 2 is 1.11 bits per heavy atom. The van der Waals surface area contributed by atoms with Crippen LogP contribution in [0.25, 0.3) is 11.1 Å². The van der Waals surface area contributed by atoms with Gasteiger partial charge in [0.1, 0.15) is 0 Å². The summed E-state index contributed by atoms with van der Waals surface area (Å²) in [4.78, 5) is 4.35. The Hall–Kier alpha value is -1.96. The molecule has 19 heavy (non-hydrogen) atoms. The second-order valence-corrected chi connectivity index (χ2v) is 5.00. The number of benzene rings is 2. The first-order valence-electron chi connectivity index (χ1n) is 6.70. The van der Waals surface area contributed by atoms with Gasteiger partial charge >= 0.3 is 0 Å². The average molecular weight is 254 g/mol. The first kappa shape index (κ1) is 13.5. The number of nitrogens with zero attached hydrogens (tertiary/aromatic N) is 2. The predicted molar refractivity (Wildman–Crippen MR) is 85.1 cm³/mol. The van der Waals surface area contributed by atoms with Crippen LogP contribution < -0.4 is 9.80 Å². The van der Waals surface area contributed by atoms with E-state index < -0.39 is 0 Å². The van der Waals surface area contributed by atoms with Crippen molar-refractivity contribution in [2.24, 2.45) is 0 Å². The van der Waals surface area contributed by atoms with Crippen LogP contribution >= 0.6 is 0 Å². The van der Waals surface area contributed by atoms with Gasteiger partial charge in [-0.15, -0.1) is 0 Å². The third kappa shape index (κ3) is 3.08. The molecule has 0 radical (unpaired) electrons. The SMILES string of the molecule is CCN(C)c1ccc(-c2ccc(N(C)C)cc2)cc1. The van der Waals surface area contributed by atoms with Crippen LogP contribution in [-0.2, 0) is 0 Å².